The molecule has 0 aliphatic rings. The summed E-state index contributed by atoms with van der Waals surface area (Å²) in [5, 5.41) is 3.49. The lowest BCUT2D eigenvalue weighted by Gasteiger charge is -2.13. The molecule has 0 saturated carbocycles. The summed E-state index contributed by atoms with van der Waals surface area (Å²) in [6.07, 6.45) is 3.17. The van der Waals surface area contributed by atoms with Crippen LogP contribution >= 0.6 is 0 Å². The van der Waals surface area contributed by atoms with E-state index in [-0.39, 0.29) is 0 Å². The van der Waals surface area contributed by atoms with E-state index in [9.17, 15) is 0 Å². The molecule has 0 saturated heterocycles. The first-order valence-electron chi connectivity index (χ1n) is 7.93. The second-order valence-corrected chi connectivity index (χ2v) is 6.57. The van der Waals surface area contributed by atoms with Crippen LogP contribution in [-0.4, -0.2) is 23.1 Å². The summed E-state index contributed by atoms with van der Waals surface area (Å²) in [6, 6.07) is 0. The van der Waals surface area contributed by atoms with Crippen molar-refractivity contribution in [1.82, 2.24) is 15.3 Å². The van der Waals surface area contributed by atoms with Gasteiger partial charge in [-0.25, -0.2) is 9.97 Å². The minimum Gasteiger partial charge on any atom is -0.316 e. The highest BCUT2D eigenvalue weighted by molar-refractivity contribution is 5.24. The summed E-state index contributed by atoms with van der Waals surface area (Å²) >= 11 is 0. The van der Waals surface area contributed by atoms with Crippen molar-refractivity contribution in [3.8, 4) is 0 Å². The molecule has 0 atom stereocenters. The van der Waals surface area contributed by atoms with Crippen molar-refractivity contribution in [1.29, 1.82) is 0 Å². The van der Waals surface area contributed by atoms with E-state index in [1.807, 2.05) is 0 Å². The zero-order valence-electron chi connectivity index (χ0n) is 14.1. The fourth-order valence-electron chi connectivity index (χ4n) is 2.30. The lowest BCUT2D eigenvalue weighted by atomic mass is 10.1. The zero-order chi connectivity index (χ0) is 15.1. The molecule has 1 aromatic heterocycles. The first-order chi connectivity index (χ1) is 9.40. The molecule has 0 bridgehead atoms. The summed E-state index contributed by atoms with van der Waals surface area (Å²) in [4.78, 5) is 9.36. The first kappa shape index (κ1) is 17.1. The Morgan fingerprint density at radius 1 is 0.900 bits per heavy atom. The fraction of sp³-hybridized carbons (Fsp3) is 0.765. The van der Waals surface area contributed by atoms with Gasteiger partial charge in [-0.05, 0) is 57.2 Å². The quantitative estimate of drug-likeness (QED) is 0.739. The largest absolute Gasteiger partial charge is 0.316 e. The van der Waals surface area contributed by atoms with Crippen LogP contribution in [0.3, 0.4) is 0 Å². The van der Waals surface area contributed by atoms with Gasteiger partial charge in [-0.2, -0.15) is 0 Å². The molecular formula is C17H31N3. The van der Waals surface area contributed by atoms with Crippen molar-refractivity contribution >= 4 is 0 Å². The van der Waals surface area contributed by atoms with E-state index in [1.165, 1.54) is 5.56 Å². The maximum atomic E-state index is 4.68. The smallest absolute Gasteiger partial charge is 0.128 e. The minimum atomic E-state index is 0.701. The SMILES string of the molecule is Cc1nc(CCC(C)C)nc(C)c1CCNCC(C)C. The minimum absolute atomic E-state index is 0.701. The van der Waals surface area contributed by atoms with E-state index < -0.39 is 0 Å². The highest BCUT2D eigenvalue weighted by Gasteiger charge is 2.09. The standard InChI is InChI=1S/C17H31N3/c1-12(2)7-8-17-19-14(5)16(15(6)20-17)9-10-18-11-13(3)4/h12-13,18H,7-11H2,1-6H3. The average molecular weight is 277 g/mol. The monoisotopic (exact) mass is 277 g/mol. The highest BCUT2D eigenvalue weighted by atomic mass is 14.9. The molecule has 0 spiro atoms. The summed E-state index contributed by atoms with van der Waals surface area (Å²) in [6.45, 7) is 15.3. The number of hydrogen-bond acceptors (Lipinski definition) is 3. The summed E-state index contributed by atoms with van der Waals surface area (Å²) in [5.41, 5.74) is 3.62. The molecule has 1 rings (SSSR count). The average Bonchev–Trinajstić information content (AvgIpc) is 2.34. The van der Waals surface area contributed by atoms with Crippen LogP contribution < -0.4 is 5.32 Å². The molecule has 0 radical (unpaired) electrons. The third-order valence-electron chi connectivity index (χ3n) is 3.52. The molecular weight excluding hydrogens is 246 g/mol. The van der Waals surface area contributed by atoms with Gasteiger partial charge < -0.3 is 5.32 Å². The van der Waals surface area contributed by atoms with E-state index in [1.54, 1.807) is 0 Å². The second kappa shape index (κ2) is 8.35. The van der Waals surface area contributed by atoms with Gasteiger partial charge in [-0.15, -0.1) is 0 Å². The van der Waals surface area contributed by atoms with Crippen LogP contribution in [0.5, 0.6) is 0 Å². The lowest BCUT2D eigenvalue weighted by Crippen LogP contribution is -2.23. The van der Waals surface area contributed by atoms with E-state index in [2.05, 4.69) is 56.8 Å². The molecule has 0 fully saturated rings. The molecule has 0 aromatic carbocycles. The topological polar surface area (TPSA) is 37.8 Å². The van der Waals surface area contributed by atoms with Crippen molar-refractivity contribution < 1.29 is 0 Å². The predicted octanol–water partition coefficient (Wildman–Crippen LogP) is 3.47. The normalized spacial score (nSPS) is 11.6. The molecule has 0 amide bonds. The number of rotatable bonds is 8. The Labute approximate surface area is 124 Å². The lowest BCUT2D eigenvalue weighted by molar-refractivity contribution is 0.551. The number of nitrogens with one attached hydrogen (secondary N) is 1. The van der Waals surface area contributed by atoms with Gasteiger partial charge in [0.2, 0.25) is 0 Å². The number of aryl methyl sites for hydroxylation is 3. The van der Waals surface area contributed by atoms with Crippen LogP contribution in [0.25, 0.3) is 0 Å². The van der Waals surface area contributed by atoms with E-state index in [0.717, 1.165) is 49.6 Å². The van der Waals surface area contributed by atoms with E-state index in [0.29, 0.717) is 11.8 Å². The molecule has 3 heteroatoms. The van der Waals surface area contributed by atoms with Crippen LogP contribution in [-0.2, 0) is 12.8 Å². The molecule has 1 N–H and O–H groups in total. The highest BCUT2D eigenvalue weighted by Crippen LogP contribution is 2.13. The van der Waals surface area contributed by atoms with Crippen molar-refractivity contribution in [2.45, 2.75) is 60.8 Å². The van der Waals surface area contributed by atoms with Crippen LogP contribution in [0.15, 0.2) is 0 Å². The van der Waals surface area contributed by atoms with E-state index in [4.69, 9.17) is 0 Å². The van der Waals surface area contributed by atoms with Crippen LogP contribution in [0.1, 0.15) is 56.9 Å². The maximum absolute atomic E-state index is 4.68. The third-order valence-corrected chi connectivity index (χ3v) is 3.52. The first-order valence-corrected chi connectivity index (χ1v) is 7.93. The van der Waals surface area contributed by atoms with Crippen molar-refractivity contribution in [3.05, 3.63) is 22.8 Å². The Morgan fingerprint density at radius 3 is 2.00 bits per heavy atom. The number of hydrogen-bond donors (Lipinski definition) is 1. The van der Waals surface area contributed by atoms with Gasteiger partial charge in [0.25, 0.3) is 0 Å². The molecule has 20 heavy (non-hydrogen) atoms. The molecule has 1 heterocycles. The Kier molecular flexibility index (Phi) is 7.14. The molecule has 0 aliphatic carbocycles. The van der Waals surface area contributed by atoms with Crippen LogP contribution in [0, 0.1) is 25.7 Å². The van der Waals surface area contributed by atoms with Crippen LogP contribution in [0.2, 0.25) is 0 Å². The Morgan fingerprint density at radius 2 is 1.50 bits per heavy atom. The number of aromatic nitrogens is 2. The van der Waals surface area contributed by atoms with Gasteiger partial charge in [0.05, 0.1) is 0 Å². The molecule has 3 nitrogen and oxygen atoms in total. The molecule has 1 aromatic rings. The van der Waals surface area contributed by atoms with E-state index >= 15 is 0 Å². The van der Waals surface area contributed by atoms with Crippen molar-refractivity contribution in [2.24, 2.45) is 11.8 Å². The van der Waals surface area contributed by atoms with Crippen molar-refractivity contribution in [3.63, 3.8) is 0 Å². The van der Waals surface area contributed by atoms with Crippen LogP contribution in [0.4, 0.5) is 0 Å². The molecule has 0 aliphatic heterocycles. The van der Waals surface area contributed by atoms with Gasteiger partial charge in [0.15, 0.2) is 0 Å². The molecule has 114 valence electrons. The fourth-order valence-corrected chi connectivity index (χ4v) is 2.30. The summed E-state index contributed by atoms with van der Waals surface area (Å²) in [7, 11) is 0. The zero-order valence-corrected chi connectivity index (χ0v) is 14.1. The van der Waals surface area contributed by atoms with Gasteiger partial charge in [0.1, 0.15) is 5.82 Å². The Bertz CT molecular complexity index is 388. The van der Waals surface area contributed by atoms with Gasteiger partial charge in [0, 0.05) is 17.8 Å². The predicted molar refractivity (Wildman–Crippen MR) is 86.1 cm³/mol. The summed E-state index contributed by atoms with van der Waals surface area (Å²) < 4.78 is 0. The Hall–Kier alpha value is -0.960. The van der Waals surface area contributed by atoms with Gasteiger partial charge >= 0.3 is 0 Å². The van der Waals surface area contributed by atoms with Gasteiger partial charge in [-0.1, -0.05) is 27.7 Å². The van der Waals surface area contributed by atoms with Crippen molar-refractivity contribution in [2.75, 3.05) is 13.1 Å². The van der Waals surface area contributed by atoms with Gasteiger partial charge in [-0.3, -0.25) is 0 Å². The second-order valence-electron chi connectivity index (χ2n) is 6.57. The number of nitrogens with zero attached hydrogens (tertiary/aromatic N) is 2. The summed E-state index contributed by atoms with van der Waals surface area (Å²) in [5.74, 6) is 2.42. The maximum Gasteiger partial charge on any atom is 0.128 e. The third kappa shape index (κ3) is 6.00. The molecule has 0 unspecified atom stereocenters. The Balaban J connectivity index is 2.59.